The molecule has 7 aromatic rings. The van der Waals surface area contributed by atoms with Gasteiger partial charge in [0.2, 0.25) is 0 Å². The molecule has 158 valence electrons. The van der Waals surface area contributed by atoms with E-state index >= 15 is 0 Å². The van der Waals surface area contributed by atoms with Crippen LogP contribution < -0.4 is 0 Å². The normalized spacial score (nSPS) is 11.5. The Morgan fingerprint density at radius 3 is 2.50 bits per heavy atom. The molecule has 4 aromatic carbocycles. The second-order valence-corrected chi connectivity index (χ2v) is 8.38. The number of nitrogens with zero attached hydrogens (tertiary/aromatic N) is 3. The molecule has 4 heteroatoms. The van der Waals surface area contributed by atoms with Gasteiger partial charge in [0.05, 0.1) is 33.7 Å². The summed E-state index contributed by atoms with van der Waals surface area (Å²) in [6.45, 7) is 0. The molecule has 0 radical (unpaired) electrons. The predicted molar refractivity (Wildman–Crippen MR) is 136 cm³/mol. The standard InChI is InChI=1S/C30H17N3O/c31-18-19-14-15-32-25(16-19)20-6-5-7-21(17-20)33-26-10-3-1-9-24(26)29-27(33)13-12-23-22-8-2-4-11-28(22)34-30(23)29/h1-17H. The molecule has 0 N–H and O–H groups in total. The highest BCUT2D eigenvalue weighted by Crippen LogP contribution is 2.40. The molecule has 0 bridgehead atoms. The van der Waals surface area contributed by atoms with E-state index in [-0.39, 0.29) is 0 Å². The summed E-state index contributed by atoms with van der Waals surface area (Å²) < 4.78 is 8.66. The van der Waals surface area contributed by atoms with E-state index in [4.69, 9.17) is 4.42 Å². The van der Waals surface area contributed by atoms with Gasteiger partial charge in [0.25, 0.3) is 0 Å². The Labute approximate surface area is 194 Å². The summed E-state index contributed by atoms with van der Waals surface area (Å²) in [5.74, 6) is 0. The van der Waals surface area contributed by atoms with Crippen molar-refractivity contribution in [1.82, 2.24) is 9.55 Å². The second kappa shape index (κ2) is 7.06. The molecule has 0 amide bonds. The fourth-order valence-corrected chi connectivity index (χ4v) is 4.98. The van der Waals surface area contributed by atoms with E-state index in [0.29, 0.717) is 5.56 Å². The molecule has 0 atom stereocenters. The van der Waals surface area contributed by atoms with Crippen molar-refractivity contribution in [2.75, 3.05) is 0 Å². The summed E-state index contributed by atoms with van der Waals surface area (Å²) in [6, 6.07) is 35.0. The summed E-state index contributed by atoms with van der Waals surface area (Å²) in [4.78, 5) is 4.49. The summed E-state index contributed by atoms with van der Waals surface area (Å²) in [6.07, 6.45) is 1.68. The number of pyridine rings is 1. The first-order chi connectivity index (χ1) is 16.8. The van der Waals surface area contributed by atoms with Crippen molar-refractivity contribution in [1.29, 1.82) is 5.26 Å². The molecule has 3 aromatic heterocycles. The smallest absolute Gasteiger partial charge is 0.145 e. The maximum absolute atomic E-state index is 9.30. The molecular weight excluding hydrogens is 418 g/mol. The quantitative estimate of drug-likeness (QED) is 0.281. The Kier molecular flexibility index (Phi) is 3.88. The van der Waals surface area contributed by atoms with Gasteiger partial charge in [0.1, 0.15) is 11.2 Å². The van der Waals surface area contributed by atoms with Gasteiger partial charge in [-0.2, -0.15) is 5.26 Å². The number of furan rings is 1. The monoisotopic (exact) mass is 435 g/mol. The third-order valence-electron chi connectivity index (χ3n) is 6.47. The Morgan fingerprint density at radius 2 is 1.59 bits per heavy atom. The van der Waals surface area contributed by atoms with Gasteiger partial charge in [-0.25, -0.2) is 0 Å². The minimum Gasteiger partial charge on any atom is -0.455 e. The number of hydrogen-bond acceptors (Lipinski definition) is 3. The fraction of sp³-hybridized carbons (Fsp3) is 0. The van der Waals surface area contributed by atoms with E-state index < -0.39 is 0 Å². The van der Waals surface area contributed by atoms with Crippen LogP contribution >= 0.6 is 0 Å². The molecule has 0 spiro atoms. The van der Waals surface area contributed by atoms with Crippen molar-refractivity contribution in [3.63, 3.8) is 0 Å². The molecule has 3 heterocycles. The van der Waals surface area contributed by atoms with Crippen LogP contribution in [0.2, 0.25) is 0 Å². The Morgan fingerprint density at radius 1 is 0.735 bits per heavy atom. The third-order valence-corrected chi connectivity index (χ3v) is 6.47. The van der Waals surface area contributed by atoms with E-state index in [1.807, 2.05) is 36.4 Å². The van der Waals surface area contributed by atoms with Crippen LogP contribution in [0.4, 0.5) is 0 Å². The van der Waals surface area contributed by atoms with Crippen LogP contribution in [0.3, 0.4) is 0 Å². The summed E-state index contributed by atoms with van der Waals surface area (Å²) in [7, 11) is 0. The molecule has 0 unspecified atom stereocenters. The van der Waals surface area contributed by atoms with Crippen LogP contribution in [0.25, 0.3) is 60.7 Å². The summed E-state index contributed by atoms with van der Waals surface area (Å²) in [5.41, 5.74) is 7.38. The lowest BCUT2D eigenvalue weighted by atomic mass is 10.1. The molecular formula is C30H17N3O. The first-order valence-corrected chi connectivity index (χ1v) is 11.1. The van der Waals surface area contributed by atoms with Gasteiger partial charge in [0.15, 0.2) is 0 Å². The summed E-state index contributed by atoms with van der Waals surface area (Å²) >= 11 is 0. The number of nitriles is 1. The molecule has 0 aliphatic carbocycles. The number of aromatic nitrogens is 2. The highest BCUT2D eigenvalue weighted by Gasteiger charge is 2.18. The molecule has 0 fully saturated rings. The van der Waals surface area contributed by atoms with E-state index in [0.717, 1.165) is 60.7 Å². The molecule has 4 nitrogen and oxygen atoms in total. The third kappa shape index (κ3) is 2.61. The van der Waals surface area contributed by atoms with Crippen LogP contribution in [0.1, 0.15) is 5.56 Å². The number of hydrogen-bond donors (Lipinski definition) is 0. The minimum absolute atomic E-state index is 0.597. The van der Waals surface area contributed by atoms with Gasteiger partial charge < -0.3 is 8.98 Å². The number of benzene rings is 4. The maximum atomic E-state index is 9.30. The largest absolute Gasteiger partial charge is 0.455 e. The molecule has 0 aliphatic rings. The molecule has 0 saturated carbocycles. The van der Waals surface area contributed by atoms with E-state index in [2.05, 4.69) is 70.2 Å². The van der Waals surface area contributed by atoms with Crippen molar-refractivity contribution in [3.8, 4) is 23.0 Å². The number of rotatable bonds is 2. The topological polar surface area (TPSA) is 54.8 Å². The molecule has 7 rings (SSSR count). The lowest BCUT2D eigenvalue weighted by Crippen LogP contribution is -1.94. The average molecular weight is 435 g/mol. The Bertz CT molecular complexity index is 1930. The Balaban J connectivity index is 1.55. The fourth-order valence-electron chi connectivity index (χ4n) is 4.98. The predicted octanol–water partition coefficient (Wildman–Crippen LogP) is 7.62. The minimum atomic E-state index is 0.597. The van der Waals surface area contributed by atoms with Crippen LogP contribution in [0.5, 0.6) is 0 Å². The van der Waals surface area contributed by atoms with Gasteiger partial charge in [0, 0.05) is 33.6 Å². The van der Waals surface area contributed by atoms with Gasteiger partial charge in [-0.05, 0) is 48.5 Å². The number of para-hydroxylation sites is 2. The van der Waals surface area contributed by atoms with Crippen molar-refractivity contribution >= 4 is 43.7 Å². The van der Waals surface area contributed by atoms with E-state index in [9.17, 15) is 5.26 Å². The highest BCUT2D eigenvalue weighted by atomic mass is 16.3. The molecule has 34 heavy (non-hydrogen) atoms. The lowest BCUT2D eigenvalue weighted by molar-refractivity contribution is 0.673. The SMILES string of the molecule is N#Cc1ccnc(-c2cccc(-n3c4ccccc4c4c5oc6ccccc6c5ccc43)c2)c1. The average Bonchev–Trinajstić information content (AvgIpc) is 3.44. The maximum Gasteiger partial charge on any atom is 0.145 e. The van der Waals surface area contributed by atoms with Gasteiger partial charge in [-0.1, -0.05) is 48.5 Å². The lowest BCUT2D eigenvalue weighted by Gasteiger charge is -2.10. The van der Waals surface area contributed by atoms with Crippen LogP contribution in [0, 0.1) is 11.3 Å². The van der Waals surface area contributed by atoms with Crippen LogP contribution in [-0.4, -0.2) is 9.55 Å². The second-order valence-electron chi connectivity index (χ2n) is 8.38. The van der Waals surface area contributed by atoms with Crippen molar-refractivity contribution < 1.29 is 4.42 Å². The first-order valence-electron chi connectivity index (χ1n) is 11.1. The molecule has 0 aliphatic heterocycles. The van der Waals surface area contributed by atoms with Gasteiger partial charge in [-0.3, -0.25) is 4.98 Å². The van der Waals surface area contributed by atoms with Gasteiger partial charge in [-0.15, -0.1) is 0 Å². The number of fused-ring (bicyclic) bond motifs is 7. The first kappa shape index (κ1) is 18.7. The van der Waals surface area contributed by atoms with Gasteiger partial charge >= 0.3 is 0 Å². The zero-order chi connectivity index (χ0) is 22.6. The summed E-state index contributed by atoms with van der Waals surface area (Å²) in [5, 5.41) is 13.8. The zero-order valence-corrected chi connectivity index (χ0v) is 18.1. The van der Waals surface area contributed by atoms with Crippen LogP contribution in [-0.2, 0) is 0 Å². The van der Waals surface area contributed by atoms with Crippen molar-refractivity contribution in [2.24, 2.45) is 0 Å². The van der Waals surface area contributed by atoms with Crippen molar-refractivity contribution in [2.45, 2.75) is 0 Å². The van der Waals surface area contributed by atoms with Crippen molar-refractivity contribution in [3.05, 3.63) is 109 Å². The molecule has 0 saturated heterocycles. The van der Waals surface area contributed by atoms with Crippen LogP contribution in [0.15, 0.2) is 108 Å². The Hall–Kier alpha value is -4.88. The van der Waals surface area contributed by atoms with E-state index in [1.54, 1.807) is 12.3 Å². The zero-order valence-electron chi connectivity index (χ0n) is 18.1. The van der Waals surface area contributed by atoms with E-state index in [1.165, 1.54) is 0 Å². The highest BCUT2D eigenvalue weighted by molar-refractivity contribution is 6.23.